The highest BCUT2D eigenvalue weighted by molar-refractivity contribution is 6.07. The maximum atomic E-state index is 11.9. The molecule has 0 spiro atoms. The number of nitrogens with zero attached hydrogens (tertiary/aromatic N) is 1. The minimum absolute atomic E-state index is 0.0700. The van der Waals surface area contributed by atoms with Gasteiger partial charge in [-0.2, -0.15) is 0 Å². The van der Waals surface area contributed by atoms with Crippen LogP contribution in [0.3, 0.4) is 0 Å². The number of rotatable bonds is 1. The zero-order valence-corrected chi connectivity index (χ0v) is 9.07. The highest BCUT2D eigenvalue weighted by Crippen LogP contribution is 2.40. The summed E-state index contributed by atoms with van der Waals surface area (Å²) in [5.41, 5.74) is 1.92. The molecule has 0 aromatic heterocycles. The highest BCUT2D eigenvalue weighted by atomic mass is 16.2. The highest BCUT2D eigenvalue weighted by Gasteiger charge is 2.42. The van der Waals surface area contributed by atoms with E-state index in [1.807, 2.05) is 19.9 Å². The predicted octanol–water partition coefficient (Wildman–Crippen LogP) is 1.75. The molecule has 0 radical (unpaired) electrons. The lowest BCUT2D eigenvalue weighted by molar-refractivity contribution is -0.121. The smallest absolute Gasteiger partial charge is 0.236 e. The van der Waals surface area contributed by atoms with E-state index < -0.39 is 5.41 Å². The van der Waals surface area contributed by atoms with Crippen molar-refractivity contribution in [3.05, 3.63) is 29.3 Å². The summed E-state index contributed by atoms with van der Waals surface area (Å²) in [7, 11) is 1.76. The van der Waals surface area contributed by atoms with Crippen molar-refractivity contribution >= 4 is 17.9 Å². The lowest BCUT2D eigenvalue weighted by atomic mass is 9.85. The molecule has 0 atom stereocenters. The van der Waals surface area contributed by atoms with E-state index >= 15 is 0 Å². The summed E-state index contributed by atoms with van der Waals surface area (Å²) >= 11 is 0. The fourth-order valence-electron chi connectivity index (χ4n) is 2.06. The van der Waals surface area contributed by atoms with Crippen LogP contribution in [-0.2, 0) is 10.2 Å². The minimum Gasteiger partial charge on any atom is -0.314 e. The standard InChI is InChI=1S/C12H13NO2/c1-12(2)9-6-8(7-14)4-5-10(9)13(3)11(12)15/h4-7H,1-3H3. The maximum Gasteiger partial charge on any atom is 0.236 e. The summed E-state index contributed by atoms with van der Waals surface area (Å²) in [5.74, 6) is 0.0700. The molecule has 0 saturated carbocycles. The van der Waals surface area contributed by atoms with E-state index in [1.54, 1.807) is 24.1 Å². The van der Waals surface area contributed by atoms with Crippen molar-refractivity contribution in [3.63, 3.8) is 0 Å². The Kier molecular flexibility index (Phi) is 1.93. The second-order valence-corrected chi connectivity index (χ2v) is 4.38. The van der Waals surface area contributed by atoms with E-state index in [0.29, 0.717) is 5.56 Å². The zero-order chi connectivity index (χ0) is 11.2. The minimum atomic E-state index is -0.525. The number of carbonyl (C=O) groups excluding carboxylic acids is 2. The molecule has 0 aliphatic carbocycles. The lowest BCUT2D eigenvalue weighted by Crippen LogP contribution is -2.33. The first kappa shape index (κ1) is 9.90. The molecule has 0 unspecified atom stereocenters. The van der Waals surface area contributed by atoms with Crippen molar-refractivity contribution < 1.29 is 9.59 Å². The van der Waals surface area contributed by atoms with Crippen LogP contribution in [0.1, 0.15) is 29.8 Å². The van der Waals surface area contributed by atoms with Gasteiger partial charge in [-0.15, -0.1) is 0 Å². The molecule has 0 N–H and O–H groups in total. The lowest BCUT2D eigenvalue weighted by Gasteiger charge is -2.16. The Morgan fingerprint density at radius 3 is 2.60 bits per heavy atom. The van der Waals surface area contributed by atoms with Gasteiger partial charge in [-0.05, 0) is 37.6 Å². The Balaban J connectivity index is 2.67. The molecule has 1 aromatic rings. The number of aldehydes is 1. The summed E-state index contributed by atoms with van der Waals surface area (Å²) < 4.78 is 0. The van der Waals surface area contributed by atoms with E-state index in [1.165, 1.54) is 0 Å². The normalized spacial score (nSPS) is 17.8. The number of hydrogen-bond donors (Lipinski definition) is 0. The quantitative estimate of drug-likeness (QED) is 0.652. The topological polar surface area (TPSA) is 37.4 Å². The number of likely N-dealkylation sites (N-methyl/N-ethyl adjacent to an activating group) is 1. The largest absolute Gasteiger partial charge is 0.314 e. The molecule has 3 nitrogen and oxygen atoms in total. The Labute approximate surface area is 88.7 Å². The number of fused-ring (bicyclic) bond motifs is 1. The van der Waals surface area contributed by atoms with Crippen LogP contribution < -0.4 is 4.90 Å². The van der Waals surface area contributed by atoms with Gasteiger partial charge in [0.15, 0.2) is 0 Å². The molecule has 0 bridgehead atoms. The van der Waals surface area contributed by atoms with Crippen molar-refractivity contribution in [3.8, 4) is 0 Å². The Morgan fingerprint density at radius 2 is 2.00 bits per heavy atom. The summed E-state index contributed by atoms with van der Waals surface area (Å²) in [6, 6.07) is 5.35. The molecule has 3 heteroatoms. The van der Waals surface area contributed by atoms with Crippen LogP contribution in [-0.4, -0.2) is 19.2 Å². The van der Waals surface area contributed by atoms with Gasteiger partial charge in [0.1, 0.15) is 6.29 Å². The van der Waals surface area contributed by atoms with Crippen LogP contribution in [0.5, 0.6) is 0 Å². The average Bonchev–Trinajstić information content (AvgIpc) is 2.40. The number of anilines is 1. The third kappa shape index (κ3) is 1.19. The van der Waals surface area contributed by atoms with Gasteiger partial charge in [0.05, 0.1) is 5.41 Å². The molecule has 1 aliphatic rings. The molecular formula is C12H13NO2. The summed E-state index contributed by atoms with van der Waals surface area (Å²) in [5, 5.41) is 0. The van der Waals surface area contributed by atoms with Crippen molar-refractivity contribution in [1.29, 1.82) is 0 Å². The Bertz CT molecular complexity index is 449. The first-order valence-electron chi connectivity index (χ1n) is 4.86. The van der Waals surface area contributed by atoms with Gasteiger partial charge < -0.3 is 4.90 Å². The molecule has 1 aromatic carbocycles. The molecule has 78 valence electrons. The number of amides is 1. The van der Waals surface area contributed by atoms with Crippen LogP contribution >= 0.6 is 0 Å². The van der Waals surface area contributed by atoms with E-state index in [0.717, 1.165) is 17.5 Å². The van der Waals surface area contributed by atoms with E-state index in [-0.39, 0.29) is 5.91 Å². The fraction of sp³-hybridized carbons (Fsp3) is 0.333. The summed E-state index contributed by atoms with van der Waals surface area (Å²) in [6.45, 7) is 3.76. The van der Waals surface area contributed by atoms with E-state index in [4.69, 9.17) is 0 Å². The van der Waals surface area contributed by atoms with Gasteiger partial charge in [-0.1, -0.05) is 0 Å². The first-order chi connectivity index (χ1) is 6.98. The van der Waals surface area contributed by atoms with Crippen molar-refractivity contribution in [1.82, 2.24) is 0 Å². The Morgan fingerprint density at radius 1 is 1.33 bits per heavy atom. The Hall–Kier alpha value is -1.64. The number of benzene rings is 1. The van der Waals surface area contributed by atoms with E-state index in [9.17, 15) is 9.59 Å². The second-order valence-electron chi connectivity index (χ2n) is 4.38. The van der Waals surface area contributed by atoms with Gasteiger partial charge in [0, 0.05) is 18.3 Å². The molecule has 2 rings (SSSR count). The third-order valence-electron chi connectivity index (χ3n) is 3.03. The van der Waals surface area contributed by atoms with Crippen LogP contribution in [0, 0.1) is 0 Å². The molecule has 1 amide bonds. The van der Waals surface area contributed by atoms with Crippen LogP contribution in [0.4, 0.5) is 5.69 Å². The van der Waals surface area contributed by atoms with Crippen LogP contribution in [0.2, 0.25) is 0 Å². The molecule has 1 aliphatic heterocycles. The van der Waals surface area contributed by atoms with Crippen LogP contribution in [0.15, 0.2) is 18.2 Å². The van der Waals surface area contributed by atoms with Gasteiger partial charge in [0.25, 0.3) is 0 Å². The monoisotopic (exact) mass is 203 g/mol. The second kappa shape index (κ2) is 2.92. The third-order valence-corrected chi connectivity index (χ3v) is 3.03. The van der Waals surface area contributed by atoms with Crippen molar-refractivity contribution in [2.45, 2.75) is 19.3 Å². The summed E-state index contributed by atoms with van der Waals surface area (Å²) in [6.07, 6.45) is 0.805. The molecular weight excluding hydrogens is 190 g/mol. The number of hydrogen-bond acceptors (Lipinski definition) is 2. The summed E-state index contributed by atoms with van der Waals surface area (Å²) in [4.78, 5) is 24.2. The first-order valence-corrected chi connectivity index (χ1v) is 4.86. The zero-order valence-electron chi connectivity index (χ0n) is 9.07. The molecule has 1 heterocycles. The molecule has 15 heavy (non-hydrogen) atoms. The maximum absolute atomic E-state index is 11.9. The fourth-order valence-corrected chi connectivity index (χ4v) is 2.06. The van der Waals surface area contributed by atoms with Crippen molar-refractivity contribution in [2.24, 2.45) is 0 Å². The molecule has 0 fully saturated rings. The van der Waals surface area contributed by atoms with Crippen molar-refractivity contribution in [2.75, 3.05) is 11.9 Å². The van der Waals surface area contributed by atoms with Gasteiger partial charge in [0.2, 0.25) is 5.91 Å². The van der Waals surface area contributed by atoms with E-state index in [2.05, 4.69) is 0 Å². The van der Waals surface area contributed by atoms with Gasteiger partial charge in [-0.25, -0.2) is 0 Å². The average molecular weight is 203 g/mol. The van der Waals surface area contributed by atoms with Crippen LogP contribution in [0.25, 0.3) is 0 Å². The van der Waals surface area contributed by atoms with Gasteiger partial charge in [-0.3, -0.25) is 9.59 Å². The molecule has 0 saturated heterocycles. The number of carbonyl (C=O) groups is 2. The SMILES string of the molecule is CN1C(=O)C(C)(C)c2cc(C=O)ccc21. The predicted molar refractivity (Wildman–Crippen MR) is 58.3 cm³/mol. The van der Waals surface area contributed by atoms with Gasteiger partial charge >= 0.3 is 0 Å².